The average molecular weight is 394 g/mol. The van der Waals surface area contributed by atoms with Gasteiger partial charge in [-0.3, -0.25) is 9.59 Å². The van der Waals surface area contributed by atoms with E-state index >= 15 is 0 Å². The number of nitrogens with one attached hydrogen (secondary N) is 2. The Bertz CT molecular complexity index is 823. The van der Waals surface area contributed by atoms with Crippen molar-refractivity contribution in [1.82, 2.24) is 10.7 Å². The van der Waals surface area contributed by atoms with Crippen LogP contribution in [0.2, 0.25) is 10.0 Å². The molecule has 0 heterocycles. The van der Waals surface area contributed by atoms with E-state index in [4.69, 9.17) is 27.9 Å². The molecule has 0 aliphatic rings. The van der Waals surface area contributed by atoms with Gasteiger partial charge in [0.25, 0.3) is 0 Å². The zero-order valence-corrected chi connectivity index (χ0v) is 15.6. The molecule has 0 fully saturated rings. The monoisotopic (exact) mass is 393 g/mol. The fourth-order valence-electron chi connectivity index (χ4n) is 2.06. The summed E-state index contributed by atoms with van der Waals surface area (Å²) in [6.45, 7) is 1.77. The topological polar surface area (TPSA) is 79.8 Å². The lowest BCUT2D eigenvalue weighted by atomic mass is 10.1. The highest BCUT2D eigenvalue weighted by Gasteiger charge is 2.16. The van der Waals surface area contributed by atoms with E-state index in [0.717, 1.165) is 5.56 Å². The molecule has 1 unspecified atom stereocenters. The van der Waals surface area contributed by atoms with Crippen LogP contribution in [0.5, 0.6) is 5.75 Å². The predicted octanol–water partition coefficient (Wildman–Crippen LogP) is 3.33. The molecule has 8 heteroatoms. The molecule has 0 aromatic heterocycles. The second kappa shape index (κ2) is 9.22. The van der Waals surface area contributed by atoms with Gasteiger partial charge in [-0.2, -0.15) is 5.10 Å². The molecule has 0 saturated carbocycles. The van der Waals surface area contributed by atoms with Crippen LogP contribution >= 0.6 is 23.2 Å². The summed E-state index contributed by atoms with van der Waals surface area (Å²) in [4.78, 5) is 23.8. The second-order valence-electron chi connectivity index (χ2n) is 5.33. The largest absolute Gasteiger partial charge is 0.497 e. The number of halogens is 2. The van der Waals surface area contributed by atoms with Crippen LogP contribution < -0.4 is 15.5 Å². The number of rotatable bonds is 5. The maximum absolute atomic E-state index is 11.9. The van der Waals surface area contributed by atoms with Gasteiger partial charge in [-0.25, -0.2) is 5.43 Å². The first-order valence-corrected chi connectivity index (χ1v) is 8.39. The number of carbonyl (C=O) groups excluding carboxylic acids is 2. The van der Waals surface area contributed by atoms with E-state index in [0.29, 0.717) is 21.4 Å². The molecule has 0 spiro atoms. The van der Waals surface area contributed by atoms with Crippen molar-refractivity contribution < 1.29 is 14.3 Å². The Morgan fingerprint density at radius 2 is 1.81 bits per heavy atom. The van der Waals surface area contributed by atoms with Crippen LogP contribution in [0, 0.1) is 0 Å². The lowest BCUT2D eigenvalue weighted by molar-refractivity contribution is -0.139. The number of amides is 2. The van der Waals surface area contributed by atoms with Gasteiger partial charge < -0.3 is 10.1 Å². The van der Waals surface area contributed by atoms with Crippen LogP contribution in [0.3, 0.4) is 0 Å². The second-order valence-corrected chi connectivity index (χ2v) is 6.18. The van der Waals surface area contributed by atoms with E-state index < -0.39 is 11.8 Å². The van der Waals surface area contributed by atoms with E-state index in [1.54, 1.807) is 44.4 Å². The zero-order valence-electron chi connectivity index (χ0n) is 14.1. The number of hydrogen-bond donors (Lipinski definition) is 2. The van der Waals surface area contributed by atoms with Crippen molar-refractivity contribution in [2.75, 3.05) is 7.11 Å². The van der Waals surface area contributed by atoms with Crippen LogP contribution in [0.4, 0.5) is 0 Å². The molecule has 0 saturated heterocycles. The standard InChI is InChI=1S/C18H17Cl2N3O3/c1-11(12-4-7-15(26-2)8-5-12)22-17(24)18(25)23-21-10-13-3-6-14(19)9-16(13)20/h3-11H,1-2H3,(H,22,24)(H,23,25). The number of ether oxygens (including phenoxy) is 1. The Balaban J connectivity index is 1.90. The first kappa shape index (κ1) is 19.8. The Hall–Kier alpha value is -2.57. The third-order valence-electron chi connectivity index (χ3n) is 3.50. The highest BCUT2D eigenvalue weighted by Crippen LogP contribution is 2.19. The lowest BCUT2D eigenvalue weighted by Gasteiger charge is -2.13. The highest BCUT2D eigenvalue weighted by atomic mass is 35.5. The maximum Gasteiger partial charge on any atom is 0.329 e. The average Bonchev–Trinajstić information content (AvgIpc) is 2.63. The van der Waals surface area contributed by atoms with Gasteiger partial charge in [0.2, 0.25) is 0 Å². The normalized spacial score (nSPS) is 11.8. The predicted molar refractivity (Wildman–Crippen MR) is 102 cm³/mol. The summed E-state index contributed by atoms with van der Waals surface area (Å²) in [6, 6.07) is 11.6. The maximum atomic E-state index is 11.9. The Morgan fingerprint density at radius 1 is 1.12 bits per heavy atom. The number of hydrogen-bond acceptors (Lipinski definition) is 4. The van der Waals surface area contributed by atoms with Crippen molar-refractivity contribution >= 4 is 41.2 Å². The van der Waals surface area contributed by atoms with Crippen molar-refractivity contribution in [3.05, 3.63) is 63.6 Å². The third-order valence-corrected chi connectivity index (χ3v) is 4.06. The summed E-state index contributed by atoms with van der Waals surface area (Å²) < 4.78 is 5.08. The molecule has 2 aromatic rings. The molecule has 2 amide bonds. The van der Waals surface area contributed by atoms with Gasteiger partial charge in [0.05, 0.1) is 24.4 Å². The molecule has 2 N–H and O–H groups in total. The number of benzene rings is 2. The number of hydrazone groups is 1. The highest BCUT2D eigenvalue weighted by molar-refractivity contribution is 6.36. The summed E-state index contributed by atoms with van der Waals surface area (Å²) in [6.07, 6.45) is 1.33. The Labute approximate surface area is 161 Å². The van der Waals surface area contributed by atoms with E-state index in [1.165, 1.54) is 6.21 Å². The van der Waals surface area contributed by atoms with Crippen LogP contribution in [0.1, 0.15) is 24.1 Å². The molecule has 0 aliphatic heterocycles. The van der Waals surface area contributed by atoms with Crippen molar-refractivity contribution in [2.45, 2.75) is 13.0 Å². The lowest BCUT2D eigenvalue weighted by Crippen LogP contribution is -2.39. The van der Waals surface area contributed by atoms with E-state index in [-0.39, 0.29) is 6.04 Å². The molecule has 0 radical (unpaired) electrons. The van der Waals surface area contributed by atoms with E-state index in [9.17, 15) is 9.59 Å². The third kappa shape index (κ3) is 5.47. The van der Waals surface area contributed by atoms with Gasteiger partial charge in [-0.15, -0.1) is 0 Å². The smallest absolute Gasteiger partial charge is 0.329 e. The molecule has 1 atom stereocenters. The molecular weight excluding hydrogens is 377 g/mol. The Kier molecular flexibility index (Phi) is 7.00. The fourth-order valence-corrected chi connectivity index (χ4v) is 2.51. The first-order valence-electron chi connectivity index (χ1n) is 7.63. The number of methoxy groups -OCH3 is 1. The van der Waals surface area contributed by atoms with Gasteiger partial charge in [0.1, 0.15) is 5.75 Å². The van der Waals surface area contributed by atoms with Crippen molar-refractivity contribution in [2.24, 2.45) is 5.10 Å². The van der Waals surface area contributed by atoms with Gasteiger partial charge in [-0.1, -0.05) is 41.4 Å². The molecule has 26 heavy (non-hydrogen) atoms. The van der Waals surface area contributed by atoms with Gasteiger partial charge >= 0.3 is 11.8 Å². The Morgan fingerprint density at radius 3 is 2.42 bits per heavy atom. The molecule has 6 nitrogen and oxygen atoms in total. The SMILES string of the molecule is COc1ccc(C(C)NC(=O)C(=O)NN=Cc2ccc(Cl)cc2Cl)cc1. The van der Waals surface area contributed by atoms with Gasteiger partial charge in [-0.05, 0) is 36.8 Å². The summed E-state index contributed by atoms with van der Waals surface area (Å²) in [5.74, 6) is -0.973. The molecule has 2 aromatic carbocycles. The summed E-state index contributed by atoms with van der Waals surface area (Å²) in [7, 11) is 1.57. The van der Waals surface area contributed by atoms with E-state index in [1.807, 2.05) is 12.1 Å². The first-order chi connectivity index (χ1) is 12.4. The minimum Gasteiger partial charge on any atom is -0.497 e. The molecular formula is C18H17Cl2N3O3. The van der Waals surface area contributed by atoms with Crippen LogP contribution in [-0.2, 0) is 9.59 Å². The quantitative estimate of drug-likeness (QED) is 0.464. The number of nitrogens with zero attached hydrogens (tertiary/aromatic N) is 1. The molecule has 0 bridgehead atoms. The molecule has 2 rings (SSSR count). The summed E-state index contributed by atoms with van der Waals surface area (Å²) in [5.41, 5.74) is 3.55. The number of carbonyl (C=O) groups is 2. The van der Waals surface area contributed by atoms with Crippen molar-refractivity contribution in [1.29, 1.82) is 0 Å². The van der Waals surface area contributed by atoms with Gasteiger partial charge in [0.15, 0.2) is 0 Å². The minimum absolute atomic E-state index is 0.353. The molecule has 0 aliphatic carbocycles. The van der Waals surface area contributed by atoms with Crippen LogP contribution in [-0.4, -0.2) is 25.1 Å². The van der Waals surface area contributed by atoms with Crippen molar-refractivity contribution in [3.63, 3.8) is 0 Å². The van der Waals surface area contributed by atoms with Crippen molar-refractivity contribution in [3.8, 4) is 5.75 Å². The zero-order chi connectivity index (χ0) is 19.1. The minimum atomic E-state index is -0.883. The fraction of sp³-hybridized carbons (Fsp3) is 0.167. The van der Waals surface area contributed by atoms with Gasteiger partial charge in [0, 0.05) is 10.6 Å². The van der Waals surface area contributed by atoms with Crippen LogP contribution in [0.15, 0.2) is 47.6 Å². The van der Waals surface area contributed by atoms with E-state index in [2.05, 4.69) is 15.8 Å². The van der Waals surface area contributed by atoms with Crippen LogP contribution in [0.25, 0.3) is 0 Å². The molecule has 136 valence electrons. The summed E-state index contributed by atoms with van der Waals surface area (Å²) >= 11 is 11.8. The summed E-state index contributed by atoms with van der Waals surface area (Å²) in [5, 5.41) is 7.19.